The molecular formula is C20H28N8O. The number of aromatic amines is 1. The van der Waals surface area contributed by atoms with Gasteiger partial charge in [0.1, 0.15) is 24.1 Å². The zero-order valence-corrected chi connectivity index (χ0v) is 16.8. The van der Waals surface area contributed by atoms with E-state index in [1.807, 2.05) is 16.9 Å². The molecule has 0 saturated carbocycles. The SMILES string of the molecule is CCCn1ncnc1N1CCC2(CC1)CC(O)CN(c1ncnc3[nH]ccc13)C2. The van der Waals surface area contributed by atoms with Gasteiger partial charge in [-0.2, -0.15) is 10.1 Å². The molecule has 9 nitrogen and oxygen atoms in total. The van der Waals surface area contributed by atoms with E-state index in [1.54, 1.807) is 12.7 Å². The Labute approximate surface area is 169 Å². The van der Waals surface area contributed by atoms with Gasteiger partial charge in [-0.1, -0.05) is 6.92 Å². The lowest BCUT2D eigenvalue weighted by Gasteiger charge is -2.49. The standard InChI is InChI=1S/C20H28N8O/c1-2-7-28-19(24-14-25-28)26-8-4-20(5-9-26)10-15(29)11-27(12-20)18-16-3-6-21-17(16)22-13-23-18/h3,6,13-15,29H,2,4-5,7-12H2,1H3,(H,21,22,23). The third kappa shape index (κ3) is 3.33. The summed E-state index contributed by atoms with van der Waals surface area (Å²) in [7, 11) is 0. The number of aromatic nitrogens is 6. The molecule has 0 aliphatic carbocycles. The summed E-state index contributed by atoms with van der Waals surface area (Å²) in [5, 5.41) is 16.1. The van der Waals surface area contributed by atoms with E-state index in [1.165, 1.54) is 0 Å². The van der Waals surface area contributed by atoms with Crippen LogP contribution in [-0.4, -0.2) is 67.1 Å². The maximum Gasteiger partial charge on any atom is 0.223 e. The molecule has 2 aliphatic rings. The van der Waals surface area contributed by atoms with Crippen LogP contribution < -0.4 is 9.80 Å². The molecule has 2 fully saturated rings. The van der Waals surface area contributed by atoms with Crippen LogP contribution >= 0.6 is 0 Å². The van der Waals surface area contributed by atoms with Crippen LogP contribution in [0.4, 0.5) is 11.8 Å². The van der Waals surface area contributed by atoms with Crippen molar-refractivity contribution in [2.75, 3.05) is 36.0 Å². The Morgan fingerprint density at radius 2 is 2.03 bits per heavy atom. The normalized spacial score (nSPS) is 21.9. The maximum absolute atomic E-state index is 10.7. The third-order valence-corrected chi connectivity index (χ3v) is 6.40. The number of H-pyrrole nitrogens is 1. The minimum absolute atomic E-state index is 0.0946. The number of β-amino-alcohol motifs (C(OH)–C–C–N with tert-alkyl or cyclic N) is 1. The highest BCUT2D eigenvalue weighted by Crippen LogP contribution is 2.42. The molecule has 2 aliphatic heterocycles. The van der Waals surface area contributed by atoms with Crippen LogP contribution in [0.2, 0.25) is 0 Å². The number of hydrogen-bond donors (Lipinski definition) is 2. The van der Waals surface area contributed by atoms with E-state index in [9.17, 15) is 5.11 Å². The number of fused-ring (bicyclic) bond motifs is 1. The lowest BCUT2D eigenvalue weighted by atomic mass is 9.71. The Morgan fingerprint density at radius 3 is 2.86 bits per heavy atom. The molecule has 1 unspecified atom stereocenters. The van der Waals surface area contributed by atoms with Crippen molar-refractivity contribution in [3.8, 4) is 0 Å². The van der Waals surface area contributed by atoms with Crippen LogP contribution in [-0.2, 0) is 6.54 Å². The number of nitrogens with zero attached hydrogens (tertiary/aromatic N) is 7. The molecule has 5 heterocycles. The highest BCUT2D eigenvalue weighted by atomic mass is 16.3. The van der Waals surface area contributed by atoms with Crippen LogP contribution in [0.3, 0.4) is 0 Å². The van der Waals surface area contributed by atoms with Crippen LogP contribution in [0, 0.1) is 5.41 Å². The van der Waals surface area contributed by atoms with Gasteiger partial charge in [-0.25, -0.2) is 14.6 Å². The molecule has 0 bridgehead atoms. The zero-order valence-electron chi connectivity index (χ0n) is 16.8. The molecule has 2 saturated heterocycles. The Bertz CT molecular complexity index is 974. The van der Waals surface area contributed by atoms with Gasteiger partial charge < -0.3 is 19.9 Å². The molecular weight excluding hydrogens is 368 g/mol. The lowest BCUT2D eigenvalue weighted by Crippen LogP contribution is -2.54. The number of rotatable bonds is 4. The Morgan fingerprint density at radius 1 is 1.17 bits per heavy atom. The molecule has 29 heavy (non-hydrogen) atoms. The van der Waals surface area contributed by atoms with Crippen LogP contribution in [0.15, 0.2) is 24.9 Å². The summed E-state index contributed by atoms with van der Waals surface area (Å²) in [6, 6.07) is 2.02. The van der Waals surface area contributed by atoms with E-state index in [0.29, 0.717) is 6.54 Å². The summed E-state index contributed by atoms with van der Waals surface area (Å²) in [6.45, 7) is 6.45. The minimum Gasteiger partial charge on any atom is -0.391 e. The third-order valence-electron chi connectivity index (χ3n) is 6.40. The molecule has 154 valence electrons. The van der Waals surface area contributed by atoms with Crippen molar-refractivity contribution in [1.82, 2.24) is 29.7 Å². The van der Waals surface area contributed by atoms with E-state index in [-0.39, 0.29) is 11.5 Å². The van der Waals surface area contributed by atoms with Crippen LogP contribution in [0.25, 0.3) is 11.0 Å². The number of anilines is 2. The van der Waals surface area contributed by atoms with Gasteiger partial charge in [-0.05, 0) is 37.2 Å². The predicted octanol–water partition coefficient (Wildman–Crippen LogP) is 1.82. The molecule has 1 atom stereocenters. The molecule has 3 aromatic rings. The monoisotopic (exact) mass is 396 g/mol. The Kier molecular flexibility index (Phi) is 4.61. The summed E-state index contributed by atoms with van der Waals surface area (Å²) in [4.78, 5) is 21.1. The van der Waals surface area contributed by atoms with Crippen molar-refractivity contribution >= 4 is 22.8 Å². The van der Waals surface area contributed by atoms with Crippen LogP contribution in [0.5, 0.6) is 0 Å². The molecule has 9 heteroatoms. The molecule has 2 N–H and O–H groups in total. The van der Waals surface area contributed by atoms with Crippen molar-refractivity contribution in [2.45, 2.75) is 45.3 Å². The van der Waals surface area contributed by atoms with E-state index in [2.05, 4.69) is 41.8 Å². The van der Waals surface area contributed by atoms with Gasteiger partial charge >= 0.3 is 0 Å². The average Bonchev–Trinajstić information content (AvgIpc) is 3.37. The van der Waals surface area contributed by atoms with Crippen molar-refractivity contribution < 1.29 is 5.11 Å². The molecule has 0 aromatic carbocycles. The van der Waals surface area contributed by atoms with E-state index < -0.39 is 0 Å². The summed E-state index contributed by atoms with van der Waals surface area (Å²) in [5.41, 5.74) is 0.936. The summed E-state index contributed by atoms with van der Waals surface area (Å²) >= 11 is 0. The second kappa shape index (κ2) is 7.29. The zero-order chi connectivity index (χ0) is 19.8. The van der Waals surface area contributed by atoms with E-state index in [4.69, 9.17) is 0 Å². The molecule has 0 radical (unpaired) electrons. The smallest absolute Gasteiger partial charge is 0.223 e. The number of piperidine rings is 2. The fourth-order valence-electron chi connectivity index (χ4n) is 5.04. The van der Waals surface area contributed by atoms with Crippen molar-refractivity contribution in [1.29, 1.82) is 0 Å². The number of aliphatic hydroxyl groups is 1. The first-order valence-corrected chi connectivity index (χ1v) is 10.5. The minimum atomic E-state index is -0.344. The van der Waals surface area contributed by atoms with Crippen molar-refractivity contribution in [2.24, 2.45) is 5.41 Å². The highest BCUT2D eigenvalue weighted by molar-refractivity contribution is 5.87. The Balaban J connectivity index is 1.35. The van der Waals surface area contributed by atoms with E-state index in [0.717, 1.165) is 74.7 Å². The molecule has 0 amide bonds. The largest absolute Gasteiger partial charge is 0.391 e. The van der Waals surface area contributed by atoms with Gasteiger partial charge in [-0.15, -0.1) is 0 Å². The average molecular weight is 396 g/mol. The fourth-order valence-corrected chi connectivity index (χ4v) is 5.04. The first-order valence-electron chi connectivity index (χ1n) is 10.5. The predicted molar refractivity (Wildman–Crippen MR) is 111 cm³/mol. The van der Waals surface area contributed by atoms with Gasteiger partial charge in [0.2, 0.25) is 5.95 Å². The van der Waals surface area contributed by atoms with Crippen LogP contribution in [0.1, 0.15) is 32.6 Å². The number of aliphatic hydroxyl groups excluding tert-OH is 1. The molecule has 5 rings (SSSR count). The summed E-state index contributed by atoms with van der Waals surface area (Å²) in [6.07, 6.45) is 8.75. The second-order valence-electron chi connectivity index (χ2n) is 8.45. The molecule has 3 aromatic heterocycles. The van der Waals surface area contributed by atoms with Gasteiger partial charge in [0.05, 0.1) is 11.5 Å². The number of aryl methyl sites for hydroxylation is 1. The topological polar surface area (TPSA) is 99.0 Å². The number of hydrogen-bond acceptors (Lipinski definition) is 7. The van der Waals surface area contributed by atoms with Gasteiger partial charge in [0.25, 0.3) is 0 Å². The summed E-state index contributed by atoms with van der Waals surface area (Å²) in [5.74, 6) is 1.89. The second-order valence-corrected chi connectivity index (χ2v) is 8.45. The quantitative estimate of drug-likeness (QED) is 0.694. The fraction of sp³-hybridized carbons (Fsp3) is 0.600. The van der Waals surface area contributed by atoms with E-state index >= 15 is 0 Å². The highest BCUT2D eigenvalue weighted by Gasteiger charge is 2.42. The van der Waals surface area contributed by atoms with Crippen molar-refractivity contribution in [3.05, 3.63) is 24.9 Å². The van der Waals surface area contributed by atoms with Gasteiger partial charge in [-0.3, -0.25) is 0 Å². The lowest BCUT2D eigenvalue weighted by molar-refractivity contribution is 0.0594. The van der Waals surface area contributed by atoms with Gasteiger partial charge in [0, 0.05) is 38.9 Å². The first-order chi connectivity index (χ1) is 14.2. The first kappa shape index (κ1) is 18.4. The Hall–Kier alpha value is -2.68. The number of nitrogens with one attached hydrogen (secondary N) is 1. The summed E-state index contributed by atoms with van der Waals surface area (Å²) < 4.78 is 2.00. The maximum atomic E-state index is 10.7. The molecule has 1 spiro atoms. The van der Waals surface area contributed by atoms with Crippen molar-refractivity contribution in [3.63, 3.8) is 0 Å². The van der Waals surface area contributed by atoms with Gasteiger partial charge in [0.15, 0.2) is 0 Å².